The number of amidine groups is 1. The Hall–Kier alpha value is -2.54. The van der Waals surface area contributed by atoms with E-state index in [4.69, 9.17) is 0 Å². The fourth-order valence-corrected chi connectivity index (χ4v) is 3.49. The Labute approximate surface area is 153 Å². The highest BCUT2D eigenvalue weighted by molar-refractivity contribution is 8.13. The molecule has 134 valence electrons. The number of carbonyl (C=O) groups excluding carboxylic acids is 2. The Kier molecular flexibility index (Phi) is 5.46. The van der Waals surface area contributed by atoms with Crippen molar-refractivity contribution in [3.8, 4) is 0 Å². The number of carbonyl (C=O) groups is 2. The summed E-state index contributed by atoms with van der Waals surface area (Å²) in [6, 6.07) is 9.62. The zero-order valence-electron chi connectivity index (χ0n) is 14.0. The molecule has 1 amide bonds. The Bertz CT molecular complexity index is 882. The lowest BCUT2D eigenvalue weighted by Gasteiger charge is -2.28. The van der Waals surface area contributed by atoms with Gasteiger partial charge >= 0.3 is 0 Å². The first-order valence-corrected chi connectivity index (χ1v) is 9.03. The molecule has 1 saturated heterocycles. The summed E-state index contributed by atoms with van der Waals surface area (Å²) < 4.78 is 27.1. The molecule has 0 radical (unpaired) electrons. The second-order valence-corrected chi connectivity index (χ2v) is 6.84. The molecule has 0 N–H and O–H groups in total. The summed E-state index contributed by atoms with van der Waals surface area (Å²) in [6.07, 6.45) is 0.752. The van der Waals surface area contributed by atoms with E-state index in [2.05, 4.69) is 4.99 Å². The van der Waals surface area contributed by atoms with Crippen LogP contribution in [0, 0.1) is 11.6 Å². The lowest BCUT2D eigenvalue weighted by atomic mass is 10.1. The van der Waals surface area contributed by atoms with Gasteiger partial charge in [-0.05, 0) is 49.7 Å². The molecule has 2 aromatic rings. The van der Waals surface area contributed by atoms with E-state index in [1.165, 1.54) is 23.6 Å². The number of benzene rings is 2. The summed E-state index contributed by atoms with van der Waals surface area (Å²) in [5.41, 5.74) is 0.983. The third-order valence-electron chi connectivity index (χ3n) is 3.89. The summed E-state index contributed by atoms with van der Waals surface area (Å²) in [7, 11) is 0. The maximum Gasteiger partial charge on any atom is 0.262 e. The van der Waals surface area contributed by atoms with E-state index in [1.54, 1.807) is 24.3 Å². The number of hydrogen-bond acceptors (Lipinski definition) is 4. The van der Waals surface area contributed by atoms with Crippen LogP contribution in [0.2, 0.25) is 0 Å². The maximum atomic E-state index is 14.0. The first-order chi connectivity index (χ1) is 12.5. The number of rotatable bonds is 3. The molecule has 0 unspecified atom stereocenters. The Morgan fingerprint density at radius 3 is 2.50 bits per heavy atom. The van der Waals surface area contributed by atoms with Crippen LogP contribution in [-0.4, -0.2) is 34.1 Å². The predicted molar refractivity (Wildman–Crippen MR) is 98.0 cm³/mol. The quantitative estimate of drug-likeness (QED) is 0.747. The van der Waals surface area contributed by atoms with Crippen molar-refractivity contribution in [3.63, 3.8) is 0 Å². The molecule has 0 spiro atoms. The average Bonchev–Trinajstić information content (AvgIpc) is 2.62. The van der Waals surface area contributed by atoms with Crippen LogP contribution in [0.25, 0.3) is 0 Å². The third kappa shape index (κ3) is 3.99. The molecule has 0 aliphatic carbocycles. The molecule has 7 heteroatoms. The number of aliphatic imine (C=N–C) groups is 1. The Morgan fingerprint density at radius 2 is 1.85 bits per heavy atom. The molecule has 26 heavy (non-hydrogen) atoms. The zero-order valence-corrected chi connectivity index (χ0v) is 14.9. The van der Waals surface area contributed by atoms with E-state index in [-0.39, 0.29) is 11.3 Å². The number of nitrogens with zero attached hydrogens (tertiary/aromatic N) is 2. The average molecular weight is 374 g/mol. The SMILES string of the molecule is CC(=O)c1ccc(N=C2SCCCN2C(=O)c2ccc(F)cc2F)cc1. The minimum absolute atomic E-state index is 0.0418. The number of Topliss-reactive ketones (excluding diaryl/α,β-unsaturated/α-hetero) is 1. The molecule has 0 atom stereocenters. The van der Waals surface area contributed by atoms with E-state index in [0.717, 1.165) is 24.3 Å². The van der Waals surface area contributed by atoms with Gasteiger partial charge in [0, 0.05) is 23.9 Å². The van der Waals surface area contributed by atoms with E-state index in [0.29, 0.717) is 29.0 Å². The van der Waals surface area contributed by atoms with Crippen molar-refractivity contribution in [2.24, 2.45) is 4.99 Å². The first-order valence-electron chi connectivity index (χ1n) is 8.05. The lowest BCUT2D eigenvalue weighted by Crippen LogP contribution is -2.39. The zero-order chi connectivity index (χ0) is 18.7. The molecular weight excluding hydrogens is 358 g/mol. The molecule has 1 fully saturated rings. The van der Waals surface area contributed by atoms with Crippen molar-refractivity contribution in [1.29, 1.82) is 0 Å². The van der Waals surface area contributed by atoms with Gasteiger partial charge in [0.05, 0.1) is 11.3 Å². The Balaban J connectivity index is 1.89. The molecular formula is C19H16F2N2O2S. The molecule has 2 aromatic carbocycles. The van der Waals surface area contributed by atoms with Crippen molar-refractivity contribution in [2.45, 2.75) is 13.3 Å². The van der Waals surface area contributed by atoms with Crippen LogP contribution in [0.15, 0.2) is 47.5 Å². The molecule has 0 aromatic heterocycles. The van der Waals surface area contributed by atoms with Crippen LogP contribution in [-0.2, 0) is 0 Å². The van der Waals surface area contributed by atoms with Crippen molar-refractivity contribution in [1.82, 2.24) is 4.90 Å². The minimum atomic E-state index is -0.893. The summed E-state index contributed by atoms with van der Waals surface area (Å²) in [5.74, 6) is -1.42. The number of amides is 1. The largest absolute Gasteiger partial charge is 0.295 e. The van der Waals surface area contributed by atoms with Gasteiger partial charge < -0.3 is 0 Å². The van der Waals surface area contributed by atoms with Crippen LogP contribution in [0.3, 0.4) is 0 Å². The smallest absolute Gasteiger partial charge is 0.262 e. The Morgan fingerprint density at radius 1 is 1.12 bits per heavy atom. The van der Waals surface area contributed by atoms with Crippen molar-refractivity contribution >= 4 is 34.3 Å². The number of halogens is 2. The highest BCUT2D eigenvalue weighted by atomic mass is 32.2. The van der Waals surface area contributed by atoms with Crippen LogP contribution < -0.4 is 0 Å². The van der Waals surface area contributed by atoms with Gasteiger partial charge in [-0.3, -0.25) is 14.5 Å². The van der Waals surface area contributed by atoms with Gasteiger partial charge in [0.2, 0.25) is 0 Å². The normalized spacial score (nSPS) is 16.0. The standard InChI is InChI=1S/C19H16F2N2O2S/c1-12(24)13-3-6-15(7-4-13)22-19-23(9-2-10-26-19)18(25)16-8-5-14(20)11-17(16)21/h3-8,11H,2,9-10H2,1H3. The van der Waals surface area contributed by atoms with E-state index in [1.807, 2.05) is 0 Å². The van der Waals surface area contributed by atoms with Crippen molar-refractivity contribution in [2.75, 3.05) is 12.3 Å². The molecule has 1 heterocycles. The molecule has 4 nitrogen and oxygen atoms in total. The molecule has 1 aliphatic heterocycles. The van der Waals surface area contributed by atoms with Crippen molar-refractivity contribution in [3.05, 3.63) is 65.2 Å². The topological polar surface area (TPSA) is 49.7 Å². The number of hydrogen-bond donors (Lipinski definition) is 0. The van der Waals surface area contributed by atoms with Gasteiger partial charge in [0.15, 0.2) is 11.0 Å². The highest BCUT2D eigenvalue weighted by Gasteiger charge is 2.27. The molecule has 1 aliphatic rings. The van der Waals surface area contributed by atoms with Crippen LogP contribution in [0.5, 0.6) is 0 Å². The first kappa shape index (κ1) is 18.3. The van der Waals surface area contributed by atoms with Gasteiger partial charge in [-0.15, -0.1) is 0 Å². The van der Waals surface area contributed by atoms with Gasteiger partial charge in [-0.1, -0.05) is 11.8 Å². The van der Waals surface area contributed by atoms with E-state index < -0.39 is 17.5 Å². The second kappa shape index (κ2) is 7.78. The summed E-state index contributed by atoms with van der Waals surface area (Å²) in [4.78, 5) is 29.9. The fourth-order valence-electron chi connectivity index (χ4n) is 2.53. The van der Waals surface area contributed by atoms with Gasteiger partial charge in [-0.25, -0.2) is 13.8 Å². The van der Waals surface area contributed by atoms with E-state index in [9.17, 15) is 18.4 Å². The number of thioether (sulfide) groups is 1. The molecule has 3 rings (SSSR count). The summed E-state index contributed by atoms with van der Waals surface area (Å²) in [6.45, 7) is 1.89. The minimum Gasteiger partial charge on any atom is -0.295 e. The molecule has 0 bridgehead atoms. The monoisotopic (exact) mass is 374 g/mol. The summed E-state index contributed by atoms with van der Waals surface area (Å²) in [5, 5.41) is 0.459. The second-order valence-electron chi connectivity index (χ2n) is 5.78. The van der Waals surface area contributed by atoms with Gasteiger partial charge in [-0.2, -0.15) is 0 Å². The van der Waals surface area contributed by atoms with Crippen LogP contribution >= 0.6 is 11.8 Å². The van der Waals surface area contributed by atoms with Gasteiger partial charge in [0.25, 0.3) is 5.91 Å². The summed E-state index contributed by atoms with van der Waals surface area (Å²) >= 11 is 1.40. The third-order valence-corrected chi connectivity index (χ3v) is 4.96. The lowest BCUT2D eigenvalue weighted by molar-refractivity contribution is 0.0844. The number of ketones is 1. The van der Waals surface area contributed by atoms with Crippen molar-refractivity contribution < 1.29 is 18.4 Å². The maximum absolute atomic E-state index is 14.0. The highest BCUT2D eigenvalue weighted by Crippen LogP contribution is 2.25. The predicted octanol–water partition coefficient (Wildman–Crippen LogP) is 4.43. The van der Waals surface area contributed by atoms with Gasteiger partial charge in [0.1, 0.15) is 11.6 Å². The fraction of sp³-hybridized carbons (Fsp3) is 0.211. The van der Waals surface area contributed by atoms with Crippen LogP contribution in [0.4, 0.5) is 14.5 Å². The van der Waals surface area contributed by atoms with Crippen LogP contribution in [0.1, 0.15) is 34.1 Å². The molecule has 0 saturated carbocycles. The van der Waals surface area contributed by atoms with E-state index >= 15 is 0 Å².